The number of carbonyl (C=O) groups excluding carboxylic acids is 1. The van der Waals surface area contributed by atoms with E-state index in [9.17, 15) is 13.2 Å². The lowest BCUT2D eigenvalue weighted by molar-refractivity contribution is -0.125. The molecule has 4 aromatic rings. The molecule has 2 aromatic heterocycles. The summed E-state index contributed by atoms with van der Waals surface area (Å²) in [5, 5.41) is 7.63. The summed E-state index contributed by atoms with van der Waals surface area (Å²) in [5.41, 5.74) is 3.29. The molecule has 0 radical (unpaired) electrons. The van der Waals surface area contributed by atoms with Crippen LogP contribution < -0.4 is 10.1 Å². The molecule has 1 fully saturated rings. The number of ether oxygens (including phenoxy) is 1. The molecule has 36 heavy (non-hydrogen) atoms. The molecule has 188 valence electrons. The number of aryl methyl sites for hydroxylation is 3. The smallest absolute Gasteiger partial charge is 0.268 e. The molecule has 5 rings (SSSR count). The minimum atomic E-state index is -3.93. The average molecular weight is 508 g/mol. The molecule has 1 aliphatic rings. The number of fused-ring (bicyclic) bond motifs is 1. The van der Waals surface area contributed by atoms with Crippen molar-refractivity contribution >= 4 is 26.8 Å². The van der Waals surface area contributed by atoms with Gasteiger partial charge in [-0.05, 0) is 68.5 Å². The van der Waals surface area contributed by atoms with E-state index in [0.29, 0.717) is 29.8 Å². The first-order valence-corrected chi connectivity index (χ1v) is 13.4. The third-order valence-corrected chi connectivity index (χ3v) is 8.69. The maximum absolute atomic E-state index is 13.9. The van der Waals surface area contributed by atoms with E-state index in [-0.39, 0.29) is 22.8 Å². The number of rotatable bonds is 9. The predicted octanol–water partition coefficient (Wildman–Crippen LogP) is 4.38. The van der Waals surface area contributed by atoms with Crippen LogP contribution in [-0.2, 0) is 34.2 Å². The maximum atomic E-state index is 13.9. The second-order valence-electron chi connectivity index (χ2n) is 9.68. The Balaban J connectivity index is 1.60. The van der Waals surface area contributed by atoms with E-state index in [1.54, 1.807) is 43.5 Å². The minimum absolute atomic E-state index is 0.0575. The van der Waals surface area contributed by atoms with Gasteiger partial charge in [0.25, 0.3) is 10.0 Å². The third kappa shape index (κ3) is 4.51. The quantitative estimate of drug-likeness (QED) is 0.361. The van der Waals surface area contributed by atoms with Gasteiger partial charge in [-0.3, -0.25) is 4.79 Å². The lowest BCUT2D eigenvalue weighted by Crippen LogP contribution is -2.31. The lowest BCUT2D eigenvalue weighted by Gasteiger charge is -2.15. The number of benzene rings is 2. The second kappa shape index (κ2) is 9.13. The van der Waals surface area contributed by atoms with Gasteiger partial charge in [-0.1, -0.05) is 29.8 Å². The number of hydrogen-bond donors (Lipinski definition) is 1. The molecule has 1 N–H and O–H groups in total. The van der Waals surface area contributed by atoms with E-state index in [2.05, 4.69) is 10.5 Å². The molecule has 2 aromatic carbocycles. The Morgan fingerprint density at radius 3 is 2.53 bits per heavy atom. The number of aromatic nitrogens is 2. The monoisotopic (exact) mass is 507 g/mol. The number of methoxy groups -OCH3 is 1. The summed E-state index contributed by atoms with van der Waals surface area (Å²) < 4.78 is 39.7. The molecule has 0 bridgehead atoms. The zero-order valence-corrected chi connectivity index (χ0v) is 21.4. The van der Waals surface area contributed by atoms with E-state index in [1.165, 1.54) is 10.2 Å². The van der Waals surface area contributed by atoms with E-state index in [0.717, 1.165) is 35.0 Å². The molecule has 0 spiro atoms. The maximum Gasteiger partial charge on any atom is 0.268 e. The van der Waals surface area contributed by atoms with Crippen LogP contribution in [0.1, 0.15) is 42.3 Å². The Morgan fingerprint density at radius 2 is 1.89 bits per heavy atom. The fourth-order valence-corrected chi connectivity index (χ4v) is 5.88. The first-order chi connectivity index (χ1) is 17.2. The van der Waals surface area contributed by atoms with E-state index in [1.807, 2.05) is 26.0 Å². The zero-order chi connectivity index (χ0) is 25.5. The first-order valence-electron chi connectivity index (χ1n) is 11.9. The highest BCUT2D eigenvalue weighted by Gasteiger charge is 2.44. The number of nitrogens with one attached hydrogen (secondary N) is 1. The van der Waals surface area contributed by atoms with E-state index >= 15 is 0 Å². The third-order valence-electron chi connectivity index (χ3n) is 6.91. The molecule has 0 unspecified atom stereocenters. The second-order valence-corrected chi connectivity index (χ2v) is 11.5. The van der Waals surface area contributed by atoms with Gasteiger partial charge in [0.1, 0.15) is 12.0 Å². The topological polar surface area (TPSA) is 103 Å². The van der Waals surface area contributed by atoms with Crippen LogP contribution in [0, 0.1) is 12.3 Å². The van der Waals surface area contributed by atoms with Crippen LogP contribution in [0.2, 0.25) is 0 Å². The SMILES string of the molecule is COc1cc2cc(CNC(=O)C3(C)CC3)n(S(=O)(=O)c3ccc(C)cc3)c2cc1CCc1ccon1. The molecule has 9 heteroatoms. The summed E-state index contributed by atoms with van der Waals surface area (Å²) in [4.78, 5) is 12.8. The van der Waals surface area contributed by atoms with Crippen molar-refractivity contribution in [2.45, 2.75) is 51.0 Å². The highest BCUT2D eigenvalue weighted by Crippen LogP contribution is 2.45. The molecule has 0 aliphatic heterocycles. The predicted molar refractivity (Wildman–Crippen MR) is 135 cm³/mol. The summed E-state index contributed by atoms with van der Waals surface area (Å²) in [6.07, 6.45) is 4.42. The fraction of sp³-hybridized carbons (Fsp3) is 0.333. The van der Waals surface area contributed by atoms with Gasteiger partial charge in [-0.25, -0.2) is 12.4 Å². The fourth-order valence-electron chi connectivity index (χ4n) is 4.35. The van der Waals surface area contributed by atoms with Gasteiger partial charge < -0.3 is 14.6 Å². The van der Waals surface area contributed by atoms with Gasteiger partial charge in [-0.2, -0.15) is 0 Å². The van der Waals surface area contributed by atoms with Crippen molar-refractivity contribution < 1.29 is 22.5 Å². The molecule has 2 heterocycles. The Bertz CT molecular complexity index is 1520. The van der Waals surface area contributed by atoms with Gasteiger partial charge in [0, 0.05) is 16.9 Å². The molecule has 1 amide bonds. The van der Waals surface area contributed by atoms with E-state index in [4.69, 9.17) is 9.26 Å². The van der Waals surface area contributed by atoms with Crippen molar-refractivity contribution in [2.75, 3.05) is 7.11 Å². The van der Waals surface area contributed by atoms with Gasteiger partial charge in [0.2, 0.25) is 5.91 Å². The number of amides is 1. The largest absolute Gasteiger partial charge is 0.496 e. The van der Waals surface area contributed by atoms with Gasteiger partial charge in [0.05, 0.1) is 35.5 Å². The Labute approximate surface area is 210 Å². The molecule has 0 saturated heterocycles. The highest BCUT2D eigenvalue weighted by molar-refractivity contribution is 7.90. The van der Waals surface area contributed by atoms with Crippen LogP contribution in [0.4, 0.5) is 0 Å². The number of nitrogens with zero attached hydrogens (tertiary/aromatic N) is 2. The summed E-state index contributed by atoms with van der Waals surface area (Å²) >= 11 is 0. The van der Waals surface area contributed by atoms with Crippen LogP contribution >= 0.6 is 0 Å². The lowest BCUT2D eigenvalue weighted by atomic mass is 10.1. The van der Waals surface area contributed by atoms with Crippen LogP contribution in [0.5, 0.6) is 5.75 Å². The normalized spacial score (nSPS) is 14.6. The zero-order valence-electron chi connectivity index (χ0n) is 20.6. The van der Waals surface area contributed by atoms with Crippen molar-refractivity contribution in [1.29, 1.82) is 0 Å². The van der Waals surface area contributed by atoms with Crippen molar-refractivity contribution in [3.05, 3.63) is 77.3 Å². The summed E-state index contributed by atoms with van der Waals surface area (Å²) in [5.74, 6) is 0.606. The minimum Gasteiger partial charge on any atom is -0.496 e. The van der Waals surface area contributed by atoms with Crippen molar-refractivity contribution in [1.82, 2.24) is 14.4 Å². The summed E-state index contributed by atoms with van der Waals surface area (Å²) in [7, 11) is -2.34. The molecule has 1 aliphatic carbocycles. The molecule has 8 nitrogen and oxygen atoms in total. The van der Waals surface area contributed by atoms with Crippen LogP contribution in [0.15, 0.2) is 64.2 Å². The Kier molecular flexibility index (Phi) is 6.12. The standard InChI is InChI=1S/C27H29N3O5S/c1-18-4-8-23(9-5-18)36(32,33)30-22(17-28-26(31)27(2)11-12-27)14-20-16-25(34-3)19(15-24(20)30)6-7-21-10-13-35-29-21/h4-5,8-10,13-16H,6-7,11-12,17H2,1-3H3,(H,28,31). The first kappa shape index (κ1) is 24.1. The van der Waals surface area contributed by atoms with E-state index < -0.39 is 10.0 Å². The van der Waals surface area contributed by atoms with Crippen molar-refractivity contribution in [3.63, 3.8) is 0 Å². The Hall–Kier alpha value is -3.59. The van der Waals surface area contributed by atoms with Crippen molar-refractivity contribution in [2.24, 2.45) is 5.41 Å². The summed E-state index contributed by atoms with van der Waals surface area (Å²) in [6, 6.07) is 14.1. The van der Waals surface area contributed by atoms with Crippen LogP contribution in [0.3, 0.4) is 0 Å². The van der Waals surface area contributed by atoms with Crippen molar-refractivity contribution in [3.8, 4) is 5.75 Å². The molecular formula is C27H29N3O5S. The molecule has 1 saturated carbocycles. The van der Waals surface area contributed by atoms with Crippen LogP contribution in [0.25, 0.3) is 10.9 Å². The Morgan fingerprint density at radius 1 is 1.14 bits per heavy atom. The summed E-state index contributed by atoms with van der Waals surface area (Å²) in [6.45, 7) is 3.94. The number of hydrogen-bond acceptors (Lipinski definition) is 6. The van der Waals surface area contributed by atoms with Gasteiger partial charge in [-0.15, -0.1) is 0 Å². The van der Waals surface area contributed by atoms with Gasteiger partial charge >= 0.3 is 0 Å². The van der Waals surface area contributed by atoms with Gasteiger partial charge in [0.15, 0.2) is 0 Å². The number of carbonyl (C=O) groups is 1. The average Bonchev–Trinajstić information content (AvgIpc) is 3.26. The van der Waals surface area contributed by atoms with Crippen LogP contribution in [-0.4, -0.2) is 30.6 Å². The molecule has 0 atom stereocenters. The highest BCUT2D eigenvalue weighted by atomic mass is 32.2. The molecular weight excluding hydrogens is 478 g/mol.